The molecule has 2 aromatic heterocycles. The van der Waals surface area contributed by atoms with Crippen molar-refractivity contribution in [2.45, 2.75) is 26.8 Å². The summed E-state index contributed by atoms with van der Waals surface area (Å²) in [4.78, 5) is 5.71. The van der Waals surface area contributed by atoms with E-state index in [1.165, 1.54) is 0 Å². The highest BCUT2D eigenvalue weighted by atomic mass is 32.1. The van der Waals surface area contributed by atoms with E-state index in [2.05, 4.69) is 10.1 Å². The molecule has 2 N–H and O–H groups in total. The van der Waals surface area contributed by atoms with Gasteiger partial charge in [-0.2, -0.15) is 5.10 Å². The molecule has 0 saturated carbocycles. The number of nitrogens with two attached hydrogens (primary N) is 1. The quantitative estimate of drug-likeness (QED) is 0.869. The normalized spacial score (nSPS) is 13.1. The molecular weight excluding hydrogens is 220 g/mol. The molecule has 0 aliphatic carbocycles. The fourth-order valence-electron chi connectivity index (χ4n) is 1.76. The summed E-state index contributed by atoms with van der Waals surface area (Å²) in [5.41, 5.74) is 9.03. The lowest BCUT2D eigenvalue weighted by molar-refractivity contribution is 0.756. The van der Waals surface area contributed by atoms with E-state index in [1.807, 2.05) is 38.7 Å². The van der Waals surface area contributed by atoms with Crippen LogP contribution in [-0.4, -0.2) is 14.8 Å². The van der Waals surface area contributed by atoms with E-state index in [1.54, 1.807) is 11.3 Å². The first-order chi connectivity index (χ1) is 7.49. The van der Waals surface area contributed by atoms with Crippen LogP contribution in [0.15, 0.2) is 6.20 Å². The van der Waals surface area contributed by atoms with Crippen LogP contribution in [0.5, 0.6) is 0 Å². The van der Waals surface area contributed by atoms with Gasteiger partial charge in [0.15, 0.2) is 0 Å². The van der Waals surface area contributed by atoms with Gasteiger partial charge in [-0.25, -0.2) is 4.98 Å². The molecule has 0 aliphatic heterocycles. The highest BCUT2D eigenvalue weighted by molar-refractivity contribution is 7.15. The lowest BCUT2D eigenvalue weighted by atomic mass is 10.2. The third kappa shape index (κ3) is 1.88. The number of hydrogen-bond donors (Lipinski definition) is 1. The Morgan fingerprint density at radius 1 is 1.38 bits per heavy atom. The van der Waals surface area contributed by atoms with Gasteiger partial charge in [0.25, 0.3) is 0 Å². The van der Waals surface area contributed by atoms with Gasteiger partial charge in [0.1, 0.15) is 5.01 Å². The molecule has 0 fully saturated rings. The van der Waals surface area contributed by atoms with Crippen LogP contribution in [0.2, 0.25) is 0 Å². The Morgan fingerprint density at radius 3 is 2.50 bits per heavy atom. The molecular formula is C11H16N4S. The van der Waals surface area contributed by atoms with Crippen LogP contribution < -0.4 is 5.73 Å². The molecule has 2 aromatic rings. The van der Waals surface area contributed by atoms with E-state index in [-0.39, 0.29) is 6.04 Å². The molecule has 0 saturated heterocycles. The van der Waals surface area contributed by atoms with Gasteiger partial charge < -0.3 is 5.73 Å². The summed E-state index contributed by atoms with van der Waals surface area (Å²) in [6.45, 7) is 5.99. The van der Waals surface area contributed by atoms with E-state index >= 15 is 0 Å². The zero-order valence-electron chi connectivity index (χ0n) is 9.98. The molecule has 0 spiro atoms. The fraction of sp³-hybridized carbons (Fsp3) is 0.455. The lowest BCUT2D eigenvalue weighted by Crippen LogP contribution is -2.03. The Kier molecular flexibility index (Phi) is 2.82. The Bertz CT molecular complexity index is 510. The number of thiazole rings is 1. The van der Waals surface area contributed by atoms with Crippen molar-refractivity contribution >= 4 is 11.3 Å². The molecule has 86 valence electrons. The molecule has 0 radical (unpaired) electrons. The van der Waals surface area contributed by atoms with Gasteiger partial charge in [0.05, 0.1) is 17.0 Å². The van der Waals surface area contributed by atoms with Crippen molar-refractivity contribution in [3.8, 4) is 10.6 Å². The highest BCUT2D eigenvalue weighted by Crippen LogP contribution is 2.32. The second kappa shape index (κ2) is 3.99. The minimum absolute atomic E-state index is 0.0447. The summed E-state index contributed by atoms with van der Waals surface area (Å²) in [6, 6.07) is 0.0447. The van der Waals surface area contributed by atoms with E-state index in [0.717, 1.165) is 26.8 Å². The van der Waals surface area contributed by atoms with E-state index in [0.29, 0.717) is 0 Å². The number of hydrogen-bond acceptors (Lipinski definition) is 4. The first kappa shape index (κ1) is 11.3. The largest absolute Gasteiger partial charge is 0.323 e. The van der Waals surface area contributed by atoms with Crippen molar-refractivity contribution in [1.29, 1.82) is 0 Å². The first-order valence-corrected chi connectivity index (χ1v) is 6.04. The Balaban J connectivity index is 2.49. The van der Waals surface area contributed by atoms with Gasteiger partial charge in [0, 0.05) is 24.2 Å². The fourth-order valence-corrected chi connectivity index (χ4v) is 2.84. The van der Waals surface area contributed by atoms with Crippen LogP contribution in [-0.2, 0) is 7.05 Å². The molecule has 2 rings (SSSR count). The summed E-state index contributed by atoms with van der Waals surface area (Å²) < 4.78 is 1.81. The molecule has 0 amide bonds. The van der Waals surface area contributed by atoms with Gasteiger partial charge in [-0.05, 0) is 20.8 Å². The zero-order chi connectivity index (χ0) is 11.9. The van der Waals surface area contributed by atoms with Crippen molar-refractivity contribution < 1.29 is 0 Å². The predicted molar refractivity (Wildman–Crippen MR) is 66.4 cm³/mol. The van der Waals surface area contributed by atoms with Crippen LogP contribution in [0.4, 0.5) is 0 Å². The molecule has 1 atom stereocenters. The smallest absolute Gasteiger partial charge is 0.127 e. The number of rotatable bonds is 2. The third-order valence-corrected chi connectivity index (χ3v) is 3.88. The van der Waals surface area contributed by atoms with Crippen molar-refractivity contribution in [2.75, 3.05) is 0 Å². The third-order valence-electron chi connectivity index (χ3n) is 2.49. The minimum atomic E-state index is 0.0447. The number of aromatic nitrogens is 3. The molecule has 16 heavy (non-hydrogen) atoms. The Labute approximate surface area is 99.1 Å². The second-order valence-corrected chi connectivity index (χ2v) is 5.09. The van der Waals surface area contributed by atoms with Gasteiger partial charge in [0.2, 0.25) is 0 Å². The summed E-state index contributed by atoms with van der Waals surface area (Å²) in [7, 11) is 1.92. The molecule has 4 nitrogen and oxygen atoms in total. The van der Waals surface area contributed by atoms with Crippen molar-refractivity contribution in [3.63, 3.8) is 0 Å². The molecule has 0 aromatic carbocycles. The summed E-state index contributed by atoms with van der Waals surface area (Å²) in [5.74, 6) is 0. The van der Waals surface area contributed by atoms with Crippen LogP contribution in [0.3, 0.4) is 0 Å². The average Bonchev–Trinajstić information content (AvgIpc) is 2.69. The average molecular weight is 236 g/mol. The van der Waals surface area contributed by atoms with Crippen LogP contribution in [0, 0.1) is 13.8 Å². The maximum absolute atomic E-state index is 5.90. The number of aryl methyl sites for hydroxylation is 3. The summed E-state index contributed by atoms with van der Waals surface area (Å²) >= 11 is 1.66. The lowest BCUT2D eigenvalue weighted by Gasteiger charge is -1.99. The van der Waals surface area contributed by atoms with Crippen LogP contribution in [0.25, 0.3) is 10.6 Å². The molecule has 1 unspecified atom stereocenters. The Morgan fingerprint density at radius 2 is 2.06 bits per heavy atom. The second-order valence-electron chi connectivity index (χ2n) is 4.06. The minimum Gasteiger partial charge on any atom is -0.323 e. The van der Waals surface area contributed by atoms with E-state index in [9.17, 15) is 0 Å². The highest BCUT2D eigenvalue weighted by Gasteiger charge is 2.15. The predicted octanol–water partition coefficient (Wildman–Crippen LogP) is 2.18. The molecule has 2 heterocycles. The van der Waals surface area contributed by atoms with Crippen molar-refractivity contribution in [1.82, 2.24) is 14.8 Å². The topological polar surface area (TPSA) is 56.7 Å². The van der Waals surface area contributed by atoms with Gasteiger partial charge >= 0.3 is 0 Å². The van der Waals surface area contributed by atoms with Crippen LogP contribution >= 0.6 is 11.3 Å². The Hall–Kier alpha value is -1.20. The van der Waals surface area contributed by atoms with E-state index < -0.39 is 0 Å². The van der Waals surface area contributed by atoms with Crippen LogP contribution in [0.1, 0.15) is 29.2 Å². The standard InChI is InChI=1S/C11H16N4S/c1-6(12)10-8(3)13-11(16-10)9-5-15(4)14-7(9)2/h5-6H,12H2,1-4H3. The maximum Gasteiger partial charge on any atom is 0.127 e. The van der Waals surface area contributed by atoms with Crippen molar-refractivity contribution in [3.05, 3.63) is 22.5 Å². The SMILES string of the molecule is Cc1nn(C)cc1-c1nc(C)c(C(C)N)s1. The first-order valence-electron chi connectivity index (χ1n) is 5.22. The molecule has 0 bridgehead atoms. The van der Waals surface area contributed by atoms with Gasteiger partial charge in [-0.1, -0.05) is 0 Å². The maximum atomic E-state index is 5.90. The number of nitrogens with zero attached hydrogens (tertiary/aromatic N) is 3. The molecule has 0 aliphatic rings. The van der Waals surface area contributed by atoms with Gasteiger partial charge in [-0.15, -0.1) is 11.3 Å². The van der Waals surface area contributed by atoms with E-state index in [4.69, 9.17) is 5.73 Å². The molecule has 5 heteroatoms. The summed E-state index contributed by atoms with van der Waals surface area (Å²) in [6.07, 6.45) is 2.00. The summed E-state index contributed by atoms with van der Waals surface area (Å²) in [5, 5.41) is 5.33. The zero-order valence-corrected chi connectivity index (χ0v) is 10.8. The van der Waals surface area contributed by atoms with Crippen molar-refractivity contribution in [2.24, 2.45) is 12.8 Å². The van der Waals surface area contributed by atoms with Gasteiger partial charge in [-0.3, -0.25) is 4.68 Å². The monoisotopic (exact) mass is 236 g/mol.